The van der Waals surface area contributed by atoms with Crippen LogP contribution in [-0.2, 0) is 30.3 Å². The van der Waals surface area contributed by atoms with Gasteiger partial charge in [-0.15, -0.1) is 0 Å². The van der Waals surface area contributed by atoms with E-state index < -0.39 is 36.0 Å². The molecule has 0 radical (unpaired) electrons. The monoisotopic (exact) mass is 477 g/mol. The van der Waals surface area contributed by atoms with Crippen LogP contribution in [0, 0.1) is 11.8 Å². The topological polar surface area (TPSA) is 119 Å². The minimum atomic E-state index is -1.06. The number of hydrogen-bond donors (Lipinski definition) is 1. The van der Waals surface area contributed by atoms with E-state index in [1.165, 1.54) is 11.0 Å². The number of aliphatic carboxylic acids is 1. The molecule has 1 aromatic carbocycles. The second-order valence-corrected chi connectivity index (χ2v) is 9.51. The fourth-order valence-corrected chi connectivity index (χ4v) is 3.52. The van der Waals surface area contributed by atoms with Gasteiger partial charge in [-0.1, -0.05) is 27.7 Å². The molecule has 9 nitrogen and oxygen atoms in total. The van der Waals surface area contributed by atoms with E-state index in [0.29, 0.717) is 17.9 Å². The van der Waals surface area contributed by atoms with Crippen LogP contribution in [0.2, 0.25) is 0 Å². The highest BCUT2D eigenvalue weighted by Gasteiger charge is 2.43. The van der Waals surface area contributed by atoms with Crippen molar-refractivity contribution in [2.24, 2.45) is 11.8 Å². The van der Waals surface area contributed by atoms with E-state index in [1.807, 2.05) is 13.8 Å². The van der Waals surface area contributed by atoms with Gasteiger partial charge in [0.2, 0.25) is 0 Å². The largest absolute Gasteiger partial charge is 0.493 e. The van der Waals surface area contributed by atoms with Crippen LogP contribution in [0.15, 0.2) is 18.2 Å². The Kier molecular flexibility index (Phi) is 9.46. The lowest BCUT2D eigenvalue weighted by molar-refractivity contribution is -0.154. The smallest absolute Gasteiger partial charge is 0.329 e. The van der Waals surface area contributed by atoms with Gasteiger partial charge in [-0.05, 0) is 38.0 Å². The summed E-state index contributed by atoms with van der Waals surface area (Å²) in [4.78, 5) is 50.9. The van der Waals surface area contributed by atoms with Gasteiger partial charge in [0.1, 0.15) is 17.9 Å². The maximum absolute atomic E-state index is 13.4. The zero-order valence-corrected chi connectivity index (χ0v) is 20.7. The average Bonchev–Trinajstić information content (AvgIpc) is 3.15. The first-order valence-electron chi connectivity index (χ1n) is 11.6. The normalized spacial score (nSPS) is 17.9. The molecule has 188 valence electrons. The molecule has 1 aliphatic rings. The van der Waals surface area contributed by atoms with Gasteiger partial charge >= 0.3 is 17.9 Å². The first-order valence-corrected chi connectivity index (χ1v) is 11.6. The molecular formula is C25H35NO8. The molecule has 1 fully saturated rings. The first kappa shape index (κ1) is 27.1. The van der Waals surface area contributed by atoms with Gasteiger partial charge < -0.3 is 24.2 Å². The Morgan fingerprint density at radius 2 is 1.76 bits per heavy atom. The molecule has 0 bridgehead atoms. The van der Waals surface area contributed by atoms with E-state index in [1.54, 1.807) is 39.8 Å². The van der Waals surface area contributed by atoms with Crippen molar-refractivity contribution in [3.8, 4) is 5.75 Å². The lowest BCUT2D eigenvalue weighted by Gasteiger charge is -2.24. The number of rotatable bonds is 10. The molecule has 1 heterocycles. The number of nitrogens with zero attached hydrogens (tertiary/aromatic N) is 1. The maximum Gasteiger partial charge on any atom is 0.329 e. The zero-order valence-electron chi connectivity index (χ0n) is 20.7. The summed E-state index contributed by atoms with van der Waals surface area (Å²) >= 11 is 0. The SMILES string of the molecule is CC(C)COc1ccc(C(=O)N2C[C@H](OC(=O)C(C)C)C[C@H]2C(=O)OC(C)C)cc1CC(=O)O. The molecule has 2 atom stereocenters. The molecule has 1 aromatic rings. The Hall–Kier alpha value is -3.10. The number of carbonyl (C=O) groups is 4. The van der Waals surface area contributed by atoms with E-state index in [-0.39, 0.29) is 42.9 Å². The minimum absolute atomic E-state index is 0.0367. The Bertz CT molecular complexity index is 908. The van der Waals surface area contributed by atoms with Crippen LogP contribution < -0.4 is 4.74 Å². The van der Waals surface area contributed by atoms with Crippen molar-refractivity contribution in [2.45, 2.75) is 72.6 Å². The Morgan fingerprint density at radius 1 is 1.09 bits per heavy atom. The van der Waals surface area contributed by atoms with Gasteiger partial charge in [0.15, 0.2) is 0 Å². The molecule has 0 unspecified atom stereocenters. The molecule has 0 saturated carbocycles. The molecular weight excluding hydrogens is 442 g/mol. The second kappa shape index (κ2) is 11.9. The highest BCUT2D eigenvalue weighted by Crippen LogP contribution is 2.28. The third-order valence-corrected chi connectivity index (χ3v) is 5.12. The molecule has 0 aliphatic carbocycles. The van der Waals surface area contributed by atoms with Gasteiger partial charge in [-0.25, -0.2) is 4.79 Å². The standard InChI is InChI=1S/C25H35NO8/c1-14(2)13-32-21-8-7-17(9-18(21)10-22(27)28)23(29)26-12-19(34-24(30)15(3)4)11-20(26)25(31)33-16(5)6/h7-9,14-16,19-20H,10-13H2,1-6H3,(H,27,28)/t19-,20+/m1/s1. The lowest BCUT2D eigenvalue weighted by atomic mass is 10.1. The number of ether oxygens (including phenoxy) is 3. The van der Waals surface area contributed by atoms with Crippen molar-refractivity contribution in [3.63, 3.8) is 0 Å². The van der Waals surface area contributed by atoms with Crippen LogP contribution in [0.25, 0.3) is 0 Å². The fourth-order valence-electron chi connectivity index (χ4n) is 3.52. The highest BCUT2D eigenvalue weighted by molar-refractivity contribution is 5.98. The summed E-state index contributed by atoms with van der Waals surface area (Å²) in [6.07, 6.45) is -1.20. The molecule has 1 aliphatic heterocycles. The molecule has 1 N–H and O–H groups in total. The van der Waals surface area contributed by atoms with Gasteiger partial charge in [0.05, 0.1) is 31.6 Å². The van der Waals surface area contributed by atoms with Crippen LogP contribution in [0.4, 0.5) is 0 Å². The van der Waals surface area contributed by atoms with Gasteiger partial charge in [-0.3, -0.25) is 14.4 Å². The molecule has 1 saturated heterocycles. The number of carboxylic acid groups (broad SMARTS) is 1. The van der Waals surface area contributed by atoms with Gasteiger partial charge in [0.25, 0.3) is 5.91 Å². The van der Waals surface area contributed by atoms with Crippen LogP contribution in [0.1, 0.15) is 63.9 Å². The maximum atomic E-state index is 13.4. The summed E-state index contributed by atoms with van der Waals surface area (Å²) in [5.41, 5.74) is 0.577. The number of hydrogen-bond acceptors (Lipinski definition) is 7. The summed E-state index contributed by atoms with van der Waals surface area (Å²) in [5.74, 6) is -2.23. The molecule has 9 heteroatoms. The zero-order chi connectivity index (χ0) is 25.6. The van der Waals surface area contributed by atoms with E-state index in [4.69, 9.17) is 14.2 Å². The van der Waals surface area contributed by atoms with Gasteiger partial charge in [-0.2, -0.15) is 0 Å². The number of esters is 2. The molecule has 34 heavy (non-hydrogen) atoms. The Balaban J connectivity index is 2.33. The molecule has 1 amide bonds. The number of benzene rings is 1. The van der Waals surface area contributed by atoms with Crippen molar-refractivity contribution < 1.29 is 38.5 Å². The van der Waals surface area contributed by atoms with Crippen LogP contribution >= 0.6 is 0 Å². The number of carboxylic acids is 1. The summed E-state index contributed by atoms with van der Waals surface area (Å²) in [5, 5.41) is 9.31. The average molecular weight is 478 g/mol. The third kappa shape index (κ3) is 7.46. The first-order chi connectivity index (χ1) is 15.9. The molecule has 2 rings (SSSR count). The van der Waals surface area contributed by atoms with Crippen molar-refractivity contribution in [3.05, 3.63) is 29.3 Å². The third-order valence-electron chi connectivity index (χ3n) is 5.12. The lowest BCUT2D eigenvalue weighted by Crippen LogP contribution is -2.42. The van der Waals surface area contributed by atoms with E-state index in [0.717, 1.165) is 0 Å². The van der Waals surface area contributed by atoms with Gasteiger partial charge in [0, 0.05) is 17.5 Å². The fraction of sp³-hybridized carbons (Fsp3) is 0.600. The Labute approximate surface area is 200 Å². The summed E-state index contributed by atoms with van der Waals surface area (Å²) < 4.78 is 16.5. The van der Waals surface area contributed by atoms with Crippen molar-refractivity contribution in [2.75, 3.05) is 13.2 Å². The predicted octanol–water partition coefficient (Wildman–Crippen LogP) is 3.08. The summed E-state index contributed by atoms with van der Waals surface area (Å²) in [7, 11) is 0. The van der Waals surface area contributed by atoms with Crippen LogP contribution in [0.3, 0.4) is 0 Å². The van der Waals surface area contributed by atoms with Crippen LogP contribution in [0.5, 0.6) is 5.75 Å². The number of amides is 1. The molecule has 0 spiro atoms. The highest BCUT2D eigenvalue weighted by atomic mass is 16.6. The van der Waals surface area contributed by atoms with Crippen molar-refractivity contribution in [1.29, 1.82) is 0 Å². The van der Waals surface area contributed by atoms with E-state index >= 15 is 0 Å². The quantitative estimate of drug-likeness (QED) is 0.511. The molecule has 0 aromatic heterocycles. The van der Waals surface area contributed by atoms with Crippen molar-refractivity contribution >= 4 is 23.8 Å². The van der Waals surface area contributed by atoms with Crippen LogP contribution in [-0.4, -0.2) is 65.2 Å². The summed E-state index contributed by atoms with van der Waals surface area (Å²) in [6, 6.07) is 3.67. The van der Waals surface area contributed by atoms with E-state index in [9.17, 15) is 24.3 Å². The number of carbonyl (C=O) groups excluding carboxylic acids is 3. The van der Waals surface area contributed by atoms with Crippen molar-refractivity contribution in [1.82, 2.24) is 4.90 Å². The Morgan fingerprint density at radius 3 is 2.32 bits per heavy atom. The second-order valence-electron chi connectivity index (χ2n) is 9.51. The summed E-state index contributed by atoms with van der Waals surface area (Å²) in [6.45, 7) is 11.2. The minimum Gasteiger partial charge on any atom is -0.493 e. The number of likely N-dealkylation sites (tertiary alicyclic amines) is 1. The predicted molar refractivity (Wildman–Crippen MR) is 124 cm³/mol. The van der Waals surface area contributed by atoms with E-state index in [2.05, 4.69) is 0 Å².